The second-order valence-electron chi connectivity index (χ2n) is 28.2. The molecule has 5 aliphatic rings. The molecule has 9 N–H and O–H groups in total. The molecule has 0 bridgehead atoms. The van der Waals surface area contributed by atoms with Crippen molar-refractivity contribution < 1.29 is 94.4 Å². The van der Waals surface area contributed by atoms with E-state index < -0.39 is 105 Å². The first kappa shape index (κ1) is 81.2. The number of methoxy groups -OCH3 is 2. The van der Waals surface area contributed by atoms with Crippen LogP contribution in [0.5, 0.6) is 23.0 Å². The van der Waals surface area contributed by atoms with Crippen LogP contribution in [-0.4, -0.2) is 206 Å². The van der Waals surface area contributed by atoms with E-state index in [0.717, 1.165) is 15.4 Å². The molecule has 0 spiro atoms. The number of unbranched alkanes of at least 4 members (excludes halogenated alkanes) is 3. The molecule has 0 aliphatic carbocycles. The summed E-state index contributed by atoms with van der Waals surface area (Å²) in [5, 5.41) is 24.8. The van der Waals surface area contributed by atoms with Gasteiger partial charge in [-0.2, -0.15) is 8.42 Å². The van der Waals surface area contributed by atoms with Gasteiger partial charge >= 0.3 is 6.09 Å². The molecule has 6 atom stereocenters. The van der Waals surface area contributed by atoms with Gasteiger partial charge in [0.25, 0.3) is 33.7 Å². The van der Waals surface area contributed by atoms with Crippen LogP contribution in [0, 0.1) is 0 Å². The maximum absolute atomic E-state index is 14.5. The molecule has 2 saturated heterocycles. The molecule has 5 aliphatic heterocycles. The van der Waals surface area contributed by atoms with Crippen molar-refractivity contribution in [1.82, 2.24) is 30.7 Å². The van der Waals surface area contributed by atoms with E-state index in [1.54, 1.807) is 24.3 Å². The Labute approximate surface area is 622 Å². The van der Waals surface area contributed by atoms with Crippen LogP contribution >= 0.6 is 0 Å². The third kappa shape index (κ3) is 21.7. The molecule has 4 aromatic rings. The van der Waals surface area contributed by atoms with Gasteiger partial charge in [0.2, 0.25) is 23.6 Å². The Bertz CT molecular complexity index is 4080. The maximum atomic E-state index is 14.5. The Hall–Kier alpha value is -9.92. The van der Waals surface area contributed by atoms with Crippen LogP contribution < -0.4 is 56.2 Å². The van der Waals surface area contributed by atoms with Crippen LogP contribution in [0.25, 0.3) is 0 Å². The molecule has 4 aromatic carbocycles. The third-order valence-electron chi connectivity index (χ3n) is 19.1. The number of rotatable bonds is 38. The van der Waals surface area contributed by atoms with Gasteiger partial charge in [0.05, 0.1) is 92.9 Å². The second kappa shape index (κ2) is 36.6. The lowest BCUT2D eigenvalue weighted by Crippen LogP contribution is -2.53. The third-order valence-corrected chi connectivity index (χ3v) is 20.2. The van der Waals surface area contributed by atoms with Crippen LogP contribution in [0.4, 0.5) is 21.9 Å². The van der Waals surface area contributed by atoms with Crippen molar-refractivity contribution in [2.45, 2.75) is 165 Å². The molecule has 5 heterocycles. The van der Waals surface area contributed by atoms with Crippen LogP contribution in [0.15, 0.2) is 115 Å². The Morgan fingerprint density at radius 2 is 1.28 bits per heavy atom. The van der Waals surface area contributed by atoms with Gasteiger partial charge in [-0.15, -0.1) is 0 Å². The van der Waals surface area contributed by atoms with Gasteiger partial charge in [-0.05, 0) is 134 Å². The summed E-state index contributed by atoms with van der Waals surface area (Å²) in [5.41, 5.74) is 7.76. The van der Waals surface area contributed by atoms with E-state index >= 15 is 0 Å². The number of hydrogen-bond acceptors (Lipinski definition) is 21. The van der Waals surface area contributed by atoms with E-state index in [4.69, 9.17) is 38.9 Å². The van der Waals surface area contributed by atoms with Crippen molar-refractivity contribution in [3.8, 4) is 23.0 Å². The highest BCUT2D eigenvalue weighted by Gasteiger charge is 2.48. The Morgan fingerprint density at radius 3 is 1.93 bits per heavy atom. The van der Waals surface area contributed by atoms with Crippen molar-refractivity contribution in [2.75, 3.05) is 88.9 Å². The lowest BCUT2D eigenvalue weighted by atomic mass is 10.0. The summed E-state index contributed by atoms with van der Waals surface area (Å²) in [6, 6.07) is 17.5. The summed E-state index contributed by atoms with van der Waals surface area (Å²) < 4.78 is 77.1. The van der Waals surface area contributed by atoms with Gasteiger partial charge in [-0.3, -0.25) is 47.8 Å². The molecule has 31 heteroatoms. The standard InChI is InChI=1S/C76H98N10O20S/c1-47-37-58-70(107(97,98)99)82-55-42-62(60(100-7)40-52(55)71(93)84(58)44-47)102-33-15-10-16-34-103-63-43-57-53(41-61(63)101-8)72(94)85-45-48(2)38-59(85)73(95)86(57)74(96)104-46-50-20-22-51(23-21-50)79-68(91)54(19-13-14-30-77)81-69(92)56(39-49-17-11-9-12-18-49)80-65(88)27-35-105-76(5,6)29-36-106-75(3,4)28-31-78-64(87)26-32-83-66(89)24-25-67(83)90/h9,11-12,17-18,20-25,40-43,54,56,58-59,70,73,82,95H,1-2,10,13-16,19,26-39,44-46,77H2,3-8H3,(H,78,87)(H,79,91)(H,80,88)(H,81,92)(H,97,98,99). The number of hydrogen-bond donors (Lipinski definition) is 8. The minimum Gasteiger partial charge on any atom is -0.493 e. The van der Waals surface area contributed by atoms with Gasteiger partial charge in [0, 0.05) is 69.0 Å². The van der Waals surface area contributed by atoms with Gasteiger partial charge < -0.3 is 80.4 Å². The van der Waals surface area contributed by atoms with Crippen LogP contribution in [-0.2, 0) is 66.1 Å². The number of benzene rings is 4. The summed E-state index contributed by atoms with van der Waals surface area (Å²) in [6.45, 7) is 16.8. The van der Waals surface area contributed by atoms with Gasteiger partial charge in [-0.25, -0.2) is 9.69 Å². The van der Waals surface area contributed by atoms with E-state index in [1.165, 1.54) is 60.4 Å². The molecule has 9 amide bonds. The zero-order chi connectivity index (χ0) is 77.3. The second-order valence-corrected chi connectivity index (χ2v) is 29.8. The monoisotopic (exact) mass is 1500 g/mol. The number of nitrogens with one attached hydrogen (secondary N) is 5. The SMILES string of the molecule is C=C1CC2C(O)N(C(=O)OCc3ccc(NC(=O)C(CCCCN)NC(=O)C(Cc4ccccc4)NC(=O)CCOC(C)(C)CCOC(C)(C)CCNC(=O)CCN4C(=O)C=CC4=O)cc3)c3cc(OCCCCCOc4cc5c(cc4OC)C(=O)N4CC(=C)CC4C(S(=O)(=O)O)N5)c(OC)cc3C(=O)N2C1. The van der Waals surface area contributed by atoms with E-state index in [-0.39, 0.29) is 136 Å². The van der Waals surface area contributed by atoms with E-state index in [0.29, 0.717) is 87.0 Å². The number of fused-ring (bicyclic) bond motifs is 4. The lowest BCUT2D eigenvalue weighted by Gasteiger charge is -2.31. The quantitative estimate of drug-likeness (QED) is 0.0103. The maximum Gasteiger partial charge on any atom is 0.416 e. The van der Waals surface area contributed by atoms with E-state index in [2.05, 4.69) is 39.7 Å². The van der Waals surface area contributed by atoms with Crippen molar-refractivity contribution in [2.24, 2.45) is 5.73 Å². The fourth-order valence-electron chi connectivity index (χ4n) is 13.1. The highest BCUT2D eigenvalue weighted by molar-refractivity contribution is 7.86. The first-order chi connectivity index (χ1) is 51.0. The van der Waals surface area contributed by atoms with E-state index in [9.17, 15) is 61.2 Å². The molecular weight excluding hydrogens is 1400 g/mol. The topological polar surface area (TPSA) is 392 Å². The Balaban J connectivity index is 0.769. The smallest absolute Gasteiger partial charge is 0.416 e. The molecule has 30 nitrogen and oxygen atoms in total. The first-order valence-corrected chi connectivity index (χ1v) is 37.3. The lowest BCUT2D eigenvalue weighted by molar-refractivity contribution is -0.137. The minimum absolute atomic E-state index is 0.00656. The predicted octanol–water partition coefficient (Wildman–Crippen LogP) is 6.46. The molecule has 0 aromatic heterocycles. The molecule has 0 saturated carbocycles. The number of carbonyl (C=O) groups is 9. The fraction of sp³-hybridized carbons (Fsp3) is 0.487. The number of aliphatic hydroxyl groups is 1. The molecular formula is C76H98N10O20S. The van der Waals surface area contributed by atoms with Crippen LogP contribution in [0.3, 0.4) is 0 Å². The number of aliphatic hydroxyl groups excluding tert-OH is 1. The summed E-state index contributed by atoms with van der Waals surface area (Å²) in [4.78, 5) is 125. The molecule has 107 heavy (non-hydrogen) atoms. The average Bonchev–Trinajstić information content (AvgIpc) is 1.63. The summed E-state index contributed by atoms with van der Waals surface area (Å²) >= 11 is 0. The number of amides is 9. The minimum atomic E-state index is -4.67. The van der Waals surface area contributed by atoms with Crippen molar-refractivity contribution in [3.05, 3.63) is 138 Å². The zero-order valence-electron chi connectivity index (χ0n) is 61.3. The normalized spacial score (nSPS) is 18.3. The van der Waals surface area contributed by atoms with Crippen molar-refractivity contribution in [1.29, 1.82) is 0 Å². The predicted molar refractivity (Wildman–Crippen MR) is 395 cm³/mol. The highest BCUT2D eigenvalue weighted by atomic mass is 32.2. The van der Waals surface area contributed by atoms with Gasteiger partial charge in [0.15, 0.2) is 34.6 Å². The average molecular weight is 1500 g/mol. The fourth-order valence-corrected chi connectivity index (χ4v) is 14.1. The number of anilines is 3. The number of nitrogens with zero attached hydrogens (tertiary/aromatic N) is 4. The van der Waals surface area contributed by atoms with Crippen molar-refractivity contribution >= 4 is 80.5 Å². The molecule has 578 valence electrons. The number of imide groups is 1. The van der Waals surface area contributed by atoms with Crippen molar-refractivity contribution in [3.63, 3.8) is 0 Å². The first-order valence-electron chi connectivity index (χ1n) is 35.8. The number of carbonyl (C=O) groups excluding carboxylic acids is 9. The molecule has 0 radical (unpaired) electrons. The Kier molecular flexibility index (Phi) is 27.8. The largest absolute Gasteiger partial charge is 0.493 e. The molecule has 2 fully saturated rings. The van der Waals surface area contributed by atoms with Crippen LogP contribution in [0.2, 0.25) is 0 Å². The number of ether oxygens (including phenoxy) is 7. The molecule has 6 unspecified atom stereocenters. The number of nitrogens with two attached hydrogens (primary N) is 1. The summed E-state index contributed by atoms with van der Waals surface area (Å²) in [7, 11) is -1.85. The Morgan fingerprint density at radius 1 is 0.673 bits per heavy atom. The summed E-state index contributed by atoms with van der Waals surface area (Å²) in [5.74, 6) is -2.90. The van der Waals surface area contributed by atoms with Gasteiger partial charge in [0.1, 0.15) is 18.7 Å². The van der Waals surface area contributed by atoms with Crippen LogP contribution in [0.1, 0.15) is 137 Å². The molecule has 9 rings (SSSR count). The summed E-state index contributed by atoms with van der Waals surface area (Å²) in [6.07, 6.45) is 3.94. The van der Waals surface area contributed by atoms with Gasteiger partial charge in [-0.1, -0.05) is 66.8 Å². The zero-order valence-corrected chi connectivity index (χ0v) is 62.1. The van der Waals surface area contributed by atoms with E-state index in [1.807, 2.05) is 58.0 Å². The highest BCUT2D eigenvalue weighted by Crippen LogP contribution is 2.44.